The van der Waals surface area contributed by atoms with Crippen molar-refractivity contribution >= 4 is 17.0 Å². The molecule has 0 radical (unpaired) electrons. The van der Waals surface area contributed by atoms with Crippen LogP contribution in [-0.2, 0) is 19.3 Å². The first-order valence-corrected chi connectivity index (χ1v) is 7.36. The summed E-state index contributed by atoms with van der Waals surface area (Å²) in [6, 6.07) is 8.08. The minimum Gasteiger partial charge on any atom is -0.399 e. The second-order valence-electron chi connectivity index (χ2n) is 4.50. The highest BCUT2D eigenvalue weighted by Gasteiger charge is 2.09. The smallest absolute Gasteiger partial charge is 0.0974 e. The van der Waals surface area contributed by atoms with Gasteiger partial charge in [-0.3, -0.25) is 0 Å². The van der Waals surface area contributed by atoms with Crippen molar-refractivity contribution in [1.29, 1.82) is 0 Å². The van der Waals surface area contributed by atoms with Gasteiger partial charge in [0.1, 0.15) is 0 Å². The van der Waals surface area contributed by atoms with Crippen LogP contribution in [0.3, 0.4) is 0 Å². The lowest BCUT2D eigenvalue weighted by atomic mass is 10.1. The number of thiazole rings is 1. The molecule has 1 aromatic carbocycles. The fraction of sp³-hybridized carbons (Fsp3) is 0.400. The minimum atomic E-state index is 0.818. The Labute approximate surface area is 113 Å². The van der Waals surface area contributed by atoms with Crippen LogP contribution in [0, 0.1) is 0 Å². The number of benzene rings is 1. The van der Waals surface area contributed by atoms with Crippen LogP contribution in [0.15, 0.2) is 24.3 Å². The van der Waals surface area contributed by atoms with Gasteiger partial charge in [-0.1, -0.05) is 32.4 Å². The number of hydrogen-bond donors (Lipinski definition) is 1. The lowest BCUT2D eigenvalue weighted by molar-refractivity contribution is 0.867. The molecule has 2 nitrogen and oxygen atoms in total. The van der Waals surface area contributed by atoms with E-state index in [9.17, 15) is 0 Å². The van der Waals surface area contributed by atoms with Gasteiger partial charge in [-0.15, -0.1) is 11.3 Å². The second kappa shape index (κ2) is 6.01. The Balaban J connectivity index is 2.16. The van der Waals surface area contributed by atoms with Gasteiger partial charge in [-0.25, -0.2) is 4.98 Å². The summed E-state index contributed by atoms with van der Waals surface area (Å²) in [7, 11) is 0. The number of nitrogen functional groups attached to an aromatic ring is 1. The summed E-state index contributed by atoms with van der Waals surface area (Å²) in [5, 5.41) is 1.22. The molecule has 3 heteroatoms. The van der Waals surface area contributed by atoms with E-state index in [1.54, 1.807) is 0 Å². The molecule has 1 aromatic heterocycles. The summed E-state index contributed by atoms with van der Waals surface area (Å²) >= 11 is 1.86. The number of rotatable bonds is 5. The van der Waals surface area contributed by atoms with Crippen LogP contribution in [0.1, 0.15) is 41.4 Å². The van der Waals surface area contributed by atoms with Gasteiger partial charge in [0.05, 0.1) is 10.7 Å². The summed E-state index contributed by atoms with van der Waals surface area (Å²) in [5.41, 5.74) is 9.10. The Morgan fingerprint density at radius 1 is 1.17 bits per heavy atom. The molecule has 0 aliphatic rings. The van der Waals surface area contributed by atoms with E-state index >= 15 is 0 Å². The molecule has 18 heavy (non-hydrogen) atoms. The highest BCUT2D eigenvalue weighted by Crippen LogP contribution is 2.23. The van der Waals surface area contributed by atoms with Crippen molar-refractivity contribution in [3.63, 3.8) is 0 Å². The monoisotopic (exact) mass is 260 g/mol. The fourth-order valence-electron chi connectivity index (χ4n) is 2.03. The van der Waals surface area contributed by atoms with Crippen LogP contribution < -0.4 is 5.73 Å². The van der Waals surface area contributed by atoms with E-state index in [4.69, 9.17) is 10.7 Å². The first kappa shape index (κ1) is 13.1. The largest absolute Gasteiger partial charge is 0.399 e. The highest BCUT2D eigenvalue weighted by atomic mass is 32.1. The molecule has 96 valence electrons. The van der Waals surface area contributed by atoms with Crippen molar-refractivity contribution in [2.45, 2.75) is 39.5 Å². The standard InChI is InChI=1S/C15H20N2S/c1-3-5-13-14(4-2)18-15(17-13)10-11-6-8-12(16)9-7-11/h6-9H,3-5,10,16H2,1-2H3. The molecule has 0 bridgehead atoms. The maximum Gasteiger partial charge on any atom is 0.0974 e. The van der Waals surface area contributed by atoms with E-state index < -0.39 is 0 Å². The summed E-state index contributed by atoms with van der Waals surface area (Å²) in [6.45, 7) is 4.41. The van der Waals surface area contributed by atoms with Crippen molar-refractivity contribution < 1.29 is 0 Å². The molecule has 0 unspecified atom stereocenters. The molecule has 0 fully saturated rings. The van der Waals surface area contributed by atoms with E-state index in [2.05, 4.69) is 26.0 Å². The number of anilines is 1. The summed E-state index contributed by atoms with van der Waals surface area (Å²) in [4.78, 5) is 6.22. The molecular weight excluding hydrogens is 240 g/mol. The Hall–Kier alpha value is -1.35. The average molecular weight is 260 g/mol. The number of aryl methyl sites for hydroxylation is 2. The number of nitrogens with zero attached hydrogens (tertiary/aromatic N) is 1. The third kappa shape index (κ3) is 3.10. The van der Waals surface area contributed by atoms with Crippen LogP contribution in [-0.4, -0.2) is 4.98 Å². The molecule has 1 heterocycles. The molecular formula is C15H20N2S. The van der Waals surface area contributed by atoms with Crippen molar-refractivity contribution in [2.75, 3.05) is 5.73 Å². The molecule has 0 spiro atoms. The number of hydrogen-bond acceptors (Lipinski definition) is 3. The molecule has 0 amide bonds. The van der Waals surface area contributed by atoms with Gasteiger partial charge in [0.2, 0.25) is 0 Å². The number of nitrogens with two attached hydrogens (primary N) is 1. The third-order valence-corrected chi connectivity index (χ3v) is 4.21. The SMILES string of the molecule is CCCc1nc(Cc2ccc(N)cc2)sc1CC. The summed E-state index contributed by atoms with van der Waals surface area (Å²) < 4.78 is 0. The molecule has 2 N–H and O–H groups in total. The van der Waals surface area contributed by atoms with E-state index in [0.29, 0.717) is 0 Å². The fourth-order valence-corrected chi connectivity index (χ4v) is 3.12. The Kier molecular flexibility index (Phi) is 4.37. The summed E-state index contributed by atoms with van der Waals surface area (Å²) in [6.07, 6.45) is 4.27. The Morgan fingerprint density at radius 2 is 1.89 bits per heavy atom. The lowest BCUT2D eigenvalue weighted by Gasteiger charge is -1.98. The van der Waals surface area contributed by atoms with Crippen LogP contribution in [0.25, 0.3) is 0 Å². The molecule has 2 rings (SSSR count). The van der Waals surface area contributed by atoms with Gasteiger partial charge in [-0.05, 0) is 30.5 Å². The van der Waals surface area contributed by atoms with Gasteiger partial charge in [0, 0.05) is 17.0 Å². The van der Waals surface area contributed by atoms with Gasteiger partial charge < -0.3 is 5.73 Å². The van der Waals surface area contributed by atoms with Crippen molar-refractivity contribution in [1.82, 2.24) is 4.98 Å². The van der Waals surface area contributed by atoms with E-state index in [-0.39, 0.29) is 0 Å². The van der Waals surface area contributed by atoms with Crippen LogP contribution in [0.5, 0.6) is 0 Å². The van der Waals surface area contributed by atoms with E-state index in [0.717, 1.165) is 31.4 Å². The van der Waals surface area contributed by atoms with Crippen molar-refractivity contribution in [3.05, 3.63) is 45.4 Å². The topological polar surface area (TPSA) is 38.9 Å². The van der Waals surface area contributed by atoms with E-state index in [1.165, 1.54) is 21.1 Å². The van der Waals surface area contributed by atoms with Crippen molar-refractivity contribution in [2.24, 2.45) is 0 Å². The minimum absolute atomic E-state index is 0.818. The highest BCUT2D eigenvalue weighted by molar-refractivity contribution is 7.11. The Bertz CT molecular complexity index is 500. The van der Waals surface area contributed by atoms with Crippen molar-refractivity contribution in [3.8, 4) is 0 Å². The normalized spacial score (nSPS) is 10.8. The molecule has 0 aliphatic carbocycles. The van der Waals surface area contributed by atoms with Crippen LogP contribution in [0.2, 0.25) is 0 Å². The van der Waals surface area contributed by atoms with Gasteiger partial charge in [-0.2, -0.15) is 0 Å². The number of aromatic nitrogens is 1. The predicted octanol–water partition coefficient (Wildman–Crippen LogP) is 3.83. The molecule has 0 saturated carbocycles. The van der Waals surface area contributed by atoms with Crippen LogP contribution in [0.4, 0.5) is 5.69 Å². The summed E-state index contributed by atoms with van der Waals surface area (Å²) in [5.74, 6) is 0. The zero-order valence-corrected chi connectivity index (χ0v) is 11.9. The van der Waals surface area contributed by atoms with Gasteiger partial charge >= 0.3 is 0 Å². The molecule has 2 aromatic rings. The van der Waals surface area contributed by atoms with Gasteiger partial charge in [0.15, 0.2) is 0 Å². The first-order chi connectivity index (χ1) is 8.72. The maximum absolute atomic E-state index is 5.70. The Morgan fingerprint density at radius 3 is 2.50 bits per heavy atom. The van der Waals surface area contributed by atoms with Gasteiger partial charge in [0.25, 0.3) is 0 Å². The average Bonchev–Trinajstić information content (AvgIpc) is 2.75. The van der Waals surface area contributed by atoms with Crippen LogP contribution >= 0.6 is 11.3 Å². The molecule has 0 atom stereocenters. The lowest BCUT2D eigenvalue weighted by Crippen LogP contribution is -1.91. The first-order valence-electron chi connectivity index (χ1n) is 6.54. The zero-order chi connectivity index (χ0) is 13.0. The zero-order valence-electron chi connectivity index (χ0n) is 11.1. The predicted molar refractivity (Wildman–Crippen MR) is 79.1 cm³/mol. The maximum atomic E-state index is 5.70. The second-order valence-corrected chi connectivity index (χ2v) is 5.67. The molecule has 0 aliphatic heterocycles. The van der Waals surface area contributed by atoms with E-state index in [1.807, 2.05) is 23.5 Å². The third-order valence-electron chi connectivity index (χ3n) is 2.97. The quantitative estimate of drug-likeness (QED) is 0.830. The molecule has 0 saturated heterocycles.